The molecule has 3 N–H and O–H groups in total. The van der Waals surface area contributed by atoms with Crippen molar-refractivity contribution in [2.75, 3.05) is 4.72 Å². The maximum Gasteiger partial charge on any atom is 0.299 e. The summed E-state index contributed by atoms with van der Waals surface area (Å²) in [7, 11) is -3.64. The molecule has 0 aliphatic heterocycles. The van der Waals surface area contributed by atoms with Crippen LogP contribution in [0, 0.1) is 6.92 Å². The average molecular weight is 258 g/mol. The van der Waals surface area contributed by atoms with Gasteiger partial charge in [0.15, 0.2) is 0 Å². The molecule has 0 unspecified atom stereocenters. The largest absolute Gasteiger partial charge is 0.508 e. The van der Waals surface area contributed by atoms with Gasteiger partial charge in [0.2, 0.25) is 0 Å². The molecule has 0 saturated carbocycles. The lowest BCUT2D eigenvalue weighted by Crippen LogP contribution is -2.43. The summed E-state index contributed by atoms with van der Waals surface area (Å²) in [5, 5.41) is 9.47. The Morgan fingerprint density at radius 3 is 2.35 bits per heavy atom. The third kappa shape index (κ3) is 4.24. The fourth-order valence-electron chi connectivity index (χ4n) is 1.31. The molecule has 0 heterocycles. The second-order valence-corrected chi connectivity index (χ2v) is 6.32. The summed E-state index contributed by atoms with van der Waals surface area (Å²) in [5.74, 6) is 0.0564. The van der Waals surface area contributed by atoms with E-state index in [1.807, 2.05) is 0 Å². The molecule has 1 rings (SSSR count). The molecule has 6 heteroatoms. The van der Waals surface area contributed by atoms with Gasteiger partial charge in [0.1, 0.15) is 5.75 Å². The molecule has 0 fully saturated rings. The summed E-state index contributed by atoms with van der Waals surface area (Å²) in [4.78, 5) is 0. The van der Waals surface area contributed by atoms with Crippen LogP contribution < -0.4 is 9.44 Å². The van der Waals surface area contributed by atoms with Crippen molar-refractivity contribution < 1.29 is 13.5 Å². The van der Waals surface area contributed by atoms with Gasteiger partial charge in [0.05, 0.1) is 5.69 Å². The van der Waals surface area contributed by atoms with E-state index in [0.717, 1.165) is 0 Å². The van der Waals surface area contributed by atoms with Crippen molar-refractivity contribution in [1.82, 2.24) is 4.72 Å². The van der Waals surface area contributed by atoms with Crippen molar-refractivity contribution >= 4 is 15.9 Å². The standard InChI is InChI=1S/C11H18N2O3S/c1-8-9(6-5-7-10(8)14)12-17(15,16)13-11(2,3)4/h5-7,12-14H,1-4H3. The molecule has 5 nitrogen and oxygen atoms in total. The zero-order valence-corrected chi connectivity index (χ0v) is 11.2. The highest BCUT2D eigenvalue weighted by atomic mass is 32.2. The number of hydrogen-bond donors (Lipinski definition) is 3. The number of anilines is 1. The van der Waals surface area contributed by atoms with Gasteiger partial charge in [-0.15, -0.1) is 0 Å². The quantitative estimate of drug-likeness (QED) is 0.772. The van der Waals surface area contributed by atoms with Crippen molar-refractivity contribution in [1.29, 1.82) is 0 Å². The maximum atomic E-state index is 11.8. The zero-order chi connectivity index (χ0) is 13.3. The predicted octanol–water partition coefficient (Wildman–Crippen LogP) is 1.75. The second-order valence-electron chi connectivity index (χ2n) is 4.91. The lowest BCUT2D eigenvalue weighted by Gasteiger charge is -2.21. The fourth-order valence-corrected chi connectivity index (χ4v) is 2.68. The van der Waals surface area contributed by atoms with Gasteiger partial charge >= 0.3 is 0 Å². The van der Waals surface area contributed by atoms with E-state index in [1.165, 1.54) is 6.07 Å². The molecular formula is C11H18N2O3S. The summed E-state index contributed by atoms with van der Waals surface area (Å²) in [6, 6.07) is 4.68. The molecule has 0 spiro atoms. The van der Waals surface area contributed by atoms with Crippen molar-refractivity contribution in [2.24, 2.45) is 0 Å². The van der Waals surface area contributed by atoms with E-state index in [-0.39, 0.29) is 5.75 Å². The monoisotopic (exact) mass is 258 g/mol. The summed E-state index contributed by atoms with van der Waals surface area (Å²) < 4.78 is 28.4. The van der Waals surface area contributed by atoms with Crippen molar-refractivity contribution in [2.45, 2.75) is 33.2 Å². The number of nitrogens with one attached hydrogen (secondary N) is 2. The van der Waals surface area contributed by atoms with Crippen LogP contribution >= 0.6 is 0 Å². The molecule has 0 bridgehead atoms. The summed E-state index contributed by atoms with van der Waals surface area (Å²) >= 11 is 0. The summed E-state index contributed by atoms with van der Waals surface area (Å²) in [6.07, 6.45) is 0. The van der Waals surface area contributed by atoms with Crippen molar-refractivity contribution in [3.8, 4) is 5.75 Å². The Morgan fingerprint density at radius 2 is 1.82 bits per heavy atom. The number of aromatic hydroxyl groups is 1. The minimum Gasteiger partial charge on any atom is -0.508 e. The molecule has 1 aromatic rings. The third-order valence-corrected chi connectivity index (χ3v) is 3.36. The first-order chi connectivity index (χ1) is 7.61. The van der Waals surface area contributed by atoms with Crippen LogP contribution in [0.4, 0.5) is 5.69 Å². The first-order valence-corrected chi connectivity index (χ1v) is 6.69. The minimum absolute atomic E-state index is 0.0564. The smallest absolute Gasteiger partial charge is 0.299 e. The molecule has 1 aromatic carbocycles. The van der Waals surface area contributed by atoms with E-state index < -0.39 is 15.7 Å². The molecule has 96 valence electrons. The number of benzene rings is 1. The van der Waals surface area contributed by atoms with Gasteiger partial charge in [-0.2, -0.15) is 13.1 Å². The minimum atomic E-state index is -3.64. The van der Waals surface area contributed by atoms with Crippen LogP contribution in [0.2, 0.25) is 0 Å². The van der Waals surface area contributed by atoms with Crippen molar-refractivity contribution in [3.63, 3.8) is 0 Å². The van der Waals surface area contributed by atoms with E-state index in [2.05, 4.69) is 9.44 Å². The molecule has 0 atom stereocenters. The highest BCUT2D eigenvalue weighted by Crippen LogP contribution is 2.24. The Kier molecular flexibility index (Phi) is 3.68. The Morgan fingerprint density at radius 1 is 1.24 bits per heavy atom. The number of rotatable bonds is 3. The normalized spacial score (nSPS) is 12.5. The first kappa shape index (κ1) is 13.8. The van der Waals surface area contributed by atoms with Crippen LogP contribution in [-0.4, -0.2) is 19.1 Å². The second kappa shape index (κ2) is 4.54. The van der Waals surface area contributed by atoms with Gasteiger partial charge in [-0.1, -0.05) is 6.07 Å². The van der Waals surface area contributed by atoms with Crippen molar-refractivity contribution in [3.05, 3.63) is 23.8 Å². The average Bonchev–Trinajstić information content (AvgIpc) is 2.08. The van der Waals surface area contributed by atoms with E-state index in [0.29, 0.717) is 11.3 Å². The number of phenols is 1. The molecule has 0 aliphatic carbocycles. The van der Waals surface area contributed by atoms with Crippen LogP contribution in [0.15, 0.2) is 18.2 Å². The first-order valence-electron chi connectivity index (χ1n) is 5.21. The Hall–Kier alpha value is -1.27. The van der Waals surface area contributed by atoms with Gasteiger partial charge in [0.25, 0.3) is 10.2 Å². The number of hydrogen-bond acceptors (Lipinski definition) is 3. The van der Waals surface area contributed by atoms with Crippen LogP contribution in [0.5, 0.6) is 5.75 Å². The van der Waals surface area contributed by atoms with E-state index in [4.69, 9.17) is 0 Å². The van der Waals surface area contributed by atoms with Gasteiger partial charge in [0, 0.05) is 11.1 Å². The van der Waals surface area contributed by atoms with Crippen LogP contribution in [0.1, 0.15) is 26.3 Å². The van der Waals surface area contributed by atoms with E-state index in [9.17, 15) is 13.5 Å². The van der Waals surface area contributed by atoms with Gasteiger partial charge in [-0.3, -0.25) is 4.72 Å². The number of phenolic OH excluding ortho intramolecular Hbond substituents is 1. The maximum absolute atomic E-state index is 11.8. The Labute approximate surface area is 102 Å². The zero-order valence-electron chi connectivity index (χ0n) is 10.4. The van der Waals surface area contributed by atoms with Crippen LogP contribution in [0.25, 0.3) is 0 Å². The van der Waals surface area contributed by atoms with Crippen LogP contribution in [-0.2, 0) is 10.2 Å². The summed E-state index contributed by atoms with van der Waals surface area (Å²) in [6.45, 7) is 6.90. The Balaban J connectivity index is 2.95. The molecule has 0 aliphatic rings. The lowest BCUT2D eigenvalue weighted by atomic mass is 10.1. The van der Waals surface area contributed by atoms with E-state index >= 15 is 0 Å². The van der Waals surface area contributed by atoms with Gasteiger partial charge in [-0.05, 0) is 39.8 Å². The topological polar surface area (TPSA) is 78.4 Å². The van der Waals surface area contributed by atoms with Gasteiger partial charge < -0.3 is 5.11 Å². The lowest BCUT2D eigenvalue weighted by molar-refractivity contribution is 0.471. The fraction of sp³-hybridized carbons (Fsp3) is 0.455. The molecule has 0 radical (unpaired) electrons. The molecule has 17 heavy (non-hydrogen) atoms. The third-order valence-electron chi connectivity index (χ3n) is 1.99. The highest BCUT2D eigenvalue weighted by Gasteiger charge is 2.20. The molecule has 0 aromatic heterocycles. The predicted molar refractivity (Wildman–Crippen MR) is 68.3 cm³/mol. The molecule has 0 saturated heterocycles. The van der Waals surface area contributed by atoms with Crippen LogP contribution in [0.3, 0.4) is 0 Å². The summed E-state index contributed by atoms with van der Waals surface area (Å²) in [5.41, 5.74) is 0.296. The SMILES string of the molecule is Cc1c(O)cccc1NS(=O)(=O)NC(C)(C)C. The molecular weight excluding hydrogens is 240 g/mol. The molecule has 0 amide bonds. The highest BCUT2D eigenvalue weighted by molar-refractivity contribution is 7.90. The van der Waals surface area contributed by atoms with E-state index in [1.54, 1.807) is 39.8 Å². The Bertz CT molecular complexity index is 504. The van der Waals surface area contributed by atoms with Gasteiger partial charge in [-0.25, -0.2) is 0 Å².